The summed E-state index contributed by atoms with van der Waals surface area (Å²) < 4.78 is 0. The van der Waals surface area contributed by atoms with Crippen LogP contribution in [0.2, 0.25) is 25.7 Å². The van der Waals surface area contributed by atoms with Gasteiger partial charge in [-0.25, -0.2) is 20.2 Å². The van der Waals surface area contributed by atoms with E-state index < -0.39 is 18.1 Å². The van der Waals surface area contributed by atoms with Crippen LogP contribution in [0.1, 0.15) is 0 Å². The smallest absolute Gasteiger partial charge is 0.222 e. The minimum Gasteiger partial charge on any atom is -0.230 e. The Morgan fingerprint density at radius 2 is 1.54 bits per heavy atom. The fourth-order valence-electron chi connectivity index (χ4n) is 0.658. The van der Waals surface area contributed by atoms with Gasteiger partial charge in [0.25, 0.3) is 0 Å². The normalized spacial score (nSPS) is 11.0. The van der Waals surface area contributed by atoms with Crippen LogP contribution in [0, 0.1) is 20.2 Å². The lowest BCUT2D eigenvalue weighted by atomic mass is 10.8. The molecule has 0 radical (unpaired) electrons. The van der Waals surface area contributed by atoms with Crippen molar-refractivity contribution < 1.29 is 10.1 Å². The quantitative estimate of drug-likeness (QED) is 0.381. The highest BCUT2D eigenvalue weighted by Gasteiger charge is 2.29. The monoisotopic (exact) mass is 207 g/mol. The lowest BCUT2D eigenvalue weighted by Gasteiger charge is -2.14. The lowest BCUT2D eigenvalue weighted by molar-refractivity contribution is -0.906. The van der Waals surface area contributed by atoms with Gasteiger partial charge in [-0.2, -0.15) is 0 Å². The minimum absolute atomic E-state index is 0.0399. The minimum atomic E-state index is -1.46. The molecule has 13 heavy (non-hydrogen) atoms. The molecule has 0 fully saturated rings. The predicted molar refractivity (Wildman–Crippen MR) is 48.8 cm³/mol. The van der Waals surface area contributed by atoms with Gasteiger partial charge in [0.15, 0.2) is 5.12 Å². The van der Waals surface area contributed by atoms with Crippen molar-refractivity contribution in [3.63, 3.8) is 0 Å². The Hall–Kier alpha value is -1.18. The summed E-state index contributed by atoms with van der Waals surface area (Å²) in [5.41, 5.74) is 0. The van der Waals surface area contributed by atoms with Gasteiger partial charge in [0.2, 0.25) is 10.1 Å². The molecule has 0 aromatic heterocycles. The molecule has 0 aromatic rings. The summed E-state index contributed by atoms with van der Waals surface area (Å²) in [7, 11) is -1.46. The highest BCUT2D eigenvalue weighted by Crippen LogP contribution is 2.08. The first-order chi connectivity index (χ1) is 5.74. The fourth-order valence-corrected chi connectivity index (χ4v) is 1.53. The zero-order valence-electron chi connectivity index (χ0n) is 7.89. The summed E-state index contributed by atoms with van der Waals surface area (Å²) in [6.45, 7) is 5.90. The van der Waals surface area contributed by atoms with E-state index in [9.17, 15) is 20.2 Å². The molecule has 76 valence electrons. The van der Waals surface area contributed by atoms with Gasteiger partial charge in [0.05, 0.1) is 0 Å². The average Bonchev–Trinajstić information content (AvgIpc) is 1.82. The highest BCUT2D eigenvalue weighted by atomic mass is 28.3. The maximum absolute atomic E-state index is 10.2. The van der Waals surface area contributed by atoms with Crippen molar-refractivity contribution in [1.82, 2.24) is 5.12 Å². The summed E-state index contributed by atoms with van der Waals surface area (Å²) in [5, 5.41) is 18.4. The first-order valence-electron chi connectivity index (χ1n) is 3.80. The Labute approximate surface area is 76.6 Å². The molecule has 0 saturated carbocycles. The van der Waals surface area contributed by atoms with Crippen molar-refractivity contribution >= 4 is 8.07 Å². The molecular weight excluding hydrogens is 194 g/mol. The summed E-state index contributed by atoms with van der Waals surface area (Å²) in [4.78, 5) is 20.3. The molecule has 0 atom stereocenters. The first kappa shape index (κ1) is 11.8. The second-order valence-corrected chi connectivity index (χ2v) is 9.50. The number of rotatable bonds is 5. The molecule has 0 aliphatic rings. The number of nitrogens with zero attached hydrogens (tertiary/aromatic N) is 3. The third-order valence-electron chi connectivity index (χ3n) is 1.44. The van der Waals surface area contributed by atoms with Crippen LogP contribution in [-0.2, 0) is 0 Å². The highest BCUT2D eigenvalue weighted by molar-refractivity contribution is 6.76. The lowest BCUT2D eigenvalue weighted by Crippen LogP contribution is -2.39. The van der Waals surface area contributed by atoms with Gasteiger partial charge in [0.1, 0.15) is 6.54 Å². The maximum atomic E-state index is 10.2. The topological polar surface area (TPSA) is 89.5 Å². The summed E-state index contributed by atoms with van der Waals surface area (Å²) >= 11 is 0. The van der Waals surface area contributed by atoms with Gasteiger partial charge in [-0.1, -0.05) is 19.6 Å². The molecule has 8 heteroatoms. The molecule has 0 heterocycles. The standard InChI is InChI=1S/C5H13N3O4Si/c1-13(2,3)5-4-6(7(9)10)8(11)12/h4-5H2,1-3H3. The molecule has 0 bridgehead atoms. The fraction of sp³-hybridized carbons (Fsp3) is 1.00. The van der Waals surface area contributed by atoms with E-state index in [4.69, 9.17) is 0 Å². The number of hydrazine groups is 2. The van der Waals surface area contributed by atoms with Gasteiger partial charge in [0, 0.05) is 8.07 Å². The molecule has 0 amide bonds. The van der Waals surface area contributed by atoms with Gasteiger partial charge in [-0.3, -0.25) is 0 Å². The second kappa shape index (κ2) is 4.17. The van der Waals surface area contributed by atoms with Crippen LogP contribution >= 0.6 is 0 Å². The second-order valence-electron chi connectivity index (χ2n) is 3.88. The summed E-state index contributed by atoms with van der Waals surface area (Å²) in [5.74, 6) is 0. The number of hydrogen-bond donors (Lipinski definition) is 0. The Balaban J connectivity index is 4.14. The van der Waals surface area contributed by atoms with E-state index in [2.05, 4.69) is 0 Å². The molecule has 0 aliphatic heterocycles. The van der Waals surface area contributed by atoms with Crippen LogP contribution in [0.5, 0.6) is 0 Å². The van der Waals surface area contributed by atoms with Crippen molar-refractivity contribution in [1.29, 1.82) is 0 Å². The van der Waals surface area contributed by atoms with Crippen LogP contribution in [-0.4, -0.2) is 29.8 Å². The summed E-state index contributed by atoms with van der Waals surface area (Å²) in [6.07, 6.45) is 0. The summed E-state index contributed by atoms with van der Waals surface area (Å²) in [6, 6.07) is 0.537. The zero-order valence-corrected chi connectivity index (χ0v) is 8.89. The van der Waals surface area contributed by atoms with Crippen LogP contribution < -0.4 is 0 Å². The third-order valence-corrected chi connectivity index (χ3v) is 3.16. The van der Waals surface area contributed by atoms with E-state index in [1.165, 1.54) is 0 Å². The number of hydrogen-bond acceptors (Lipinski definition) is 4. The molecule has 0 saturated heterocycles. The van der Waals surface area contributed by atoms with Crippen LogP contribution in [0.3, 0.4) is 0 Å². The SMILES string of the molecule is C[Si](C)(C)CCN([N+](=O)[O-])[N+](=O)[O-]. The molecule has 7 nitrogen and oxygen atoms in total. The predicted octanol–water partition coefficient (Wildman–Crippen LogP) is 1.01. The zero-order chi connectivity index (χ0) is 10.6. The van der Waals surface area contributed by atoms with E-state index in [0.717, 1.165) is 0 Å². The molecule has 0 spiro atoms. The van der Waals surface area contributed by atoms with Crippen molar-refractivity contribution in [2.45, 2.75) is 25.7 Å². The van der Waals surface area contributed by atoms with Crippen molar-refractivity contribution in [3.05, 3.63) is 20.2 Å². The van der Waals surface area contributed by atoms with Crippen LogP contribution in [0.25, 0.3) is 0 Å². The third kappa shape index (κ3) is 5.12. The van der Waals surface area contributed by atoms with Gasteiger partial charge >= 0.3 is 0 Å². The van der Waals surface area contributed by atoms with Crippen LogP contribution in [0.4, 0.5) is 0 Å². The Morgan fingerprint density at radius 3 is 1.77 bits per heavy atom. The molecular formula is C5H13N3O4Si. The van der Waals surface area contributed by atoms with E-state index in [1.54, 1.807) is 0 Å². The Morgan fingerprint density at radius 1 is 1.15 bits per heavy atom. The van der Waals surface area contributed by atoms with Crippen molar-refractivity contribution in [2.75, 3.05) is 6.54 Å². The van der Waals surface area contributed by atoms with Gasteiger partial charge in [-0.05, 0) is 6.04 Å². The number of nitro groups is 2. The van der Waals surface area contributed by atoms with Crippen LogP contribution in [0.15, 0.2) is 0 Å². The van der Waals surface area contributed by atoms with Crippen molar-refractivity contribution in [2.24, 2.45) is 0 Å². The van der Waals surface area contributed by atoms with E-state index in [0.29, 0.717) is 6.04 Å². The van der Waals surface area contributed by atoms with E-state index >= 15 is 0 Å². The first-order valence-corrected chi connectivity index (χ1v) is 7.51. The maximum Gasteiger partial charge on any atom is 0.222 e. The van der Waals surface area contributed by atoms with E-state index in [-0.39, 0.29) is 11.7 Å². The molecule has 0 unspecified atom stereocenters. The molecule has 0 aromatic carbocycles. The molecule has 0 N–H and O–H groups in total. The van der Waals surface area contributed by atoms with Gasteiger partial charge in [-0.15, -0.1) is 0 Å². The molecule has 0 rings (SSSR count). The average molecular weight is 207 g/mol. The molecule has 0 aliphatic carbocycles. The van der Waals surface area contributed by atoms with Gasteiger partial charge < -0.3 is 0 Å². The van der Waals surface area contributed by atoms with E-state index in [1.807, 2.05) is 19.6 Å². The Bertz CT molecular complexity index is 200. The van der Waals surface area contributed by atoms with Crippen molar-refractivity contribution in [3.8, 4) is 0 Å². The Kier molecular flexibility index (Phi) is 3.79. The largest absolute Gasteiger partial charge is 0.230 e.